The summed E-state index contributed by atoms with van der Waals surface area (Å²) in [6.45, 7) is 22.3. The Morgan fingerprint density at radius 2 is 0.788 bits per heavy atom. The van der Waals surface area contributed by atoms with Crippen LogP contribution in [0.25, 0.3) is 22.3 Å². The molecule has 0 fully saturated rings. The first-order valence-corrected chi connectivity index (χ1v) is 12.6. The number of benzene rings is 3. The lowest BCUT2D eigenvalue weighted by Crippen LogP contribution is -2.04. The SMILES string of the molecule is Cc1cc(C(C)C)c(-c2cccc(-c3c(C(C)C)cc(C)cc3C(C)C)c2O)c(C(C)C)c1. The molecule has 33 heavy (non-hydrogen) atoms. The van der Waals surface area contributed by atoms with Gasteiger partial charge in [0, 0.05) is 11.1 Å². The minimum atomic E-state index is 0.372. The quantitative estimate of drug-likeness (QED) is 0.402. The summed E-state index contributed by atoms with van der Waals surface area (Å²) < 4.78 is 0. The van der Waals surface area contributed by atoms with E-state index in [2.05, 4.69) is 112 Å². The van der Waals surface area contributed by atoms with Gasteiger partial charge in [-0.3, -0.25) is 0 Å². The van der Waals surface area contributed by atoms with Crippen molar-refractivity contribution in [3.8, 4) is 28.0 Å². The first-order chi connectivity index (χ1) is 15.4. The molecule has 1 nitrogen and oxygen atoms in total. The van der Waals surface area contributed by atoms with Crippen LogP contribution in [0.2, 0.25) is 0 Å². The molecule has 0 saturated heterocycles. The van der Waals surface area contributed by atoms with E-state index in [-0.39, 0.29) is 0 Å². The van der Waals surface area contributed by atoms with Crippen LogP contribution in [0.4, 0.5) is 0 Å². The van der Waals surface area contributed by atoms with E-state index in [1.807, 2.05) is 0 Å². The molecule has 0 aliphatic carbocycles. The third-order valence-electron chi connectivity index (χ3n) is 6.75. The first-order valence-electron chi connectivity index (χ1n) is 12.6. The Kier molecular flexibility index (Phi) is 7.42. The van der Waals surface area contributed by atoms with E-state index in [4.69, 9.17) is 0 Å². The molecule has 0 amide bonds. The molecular formula is C32H42O. The zero-order chi connectivity index (χ0) is 24.6. The van der Waals surface area contributed by atoms with Gasteiger partial charge in [0.1, 0.15) is 5.75 Å². The Morgan fingerprint density at radius 1 is 0.515 bits per heavy atom. The molecule has 0 bridgehead atoms. The van der Waals surface area contributed by atoms with Crippen LogP contribution in [0.1, 0.15) is 112 Å². The number of aromatic hydroxyl groups is 1. The zero-order valence-corrected chi connectivity index (χ0v) is 22.3. The van der Waals surface area contributed by atoms with E-state index in [0.717, 1.165) is 11.1 Å². The van der Waals surface area contributed by atoms with Crippen LogP contribution in [0.15, 0.2) is 42.5 Å². The van der Waals surface area contributed by atoms with Gasteiger partial charge in [-0.05, 0) is 70.9 Å². The average Bonchev–Trinajstić information content (AvgIpc) is 2.73. The summed E-state index contributed by atoms with van der Waals surface area (Å²) in [5.41, 5.74) is 12.1. The van der Waals surface area contributed by atoms with E-state index in [9.17, 15) is 5.11 Å². The second kappa shape index (κ2) is 9.75. The van der Waals surface area contributed by atoms with Crippen molar-refractivity contribution in [2.75, 3.05) is 0 Å². The predicted molar refractivity (Wildman–Crippen MR) is 145 cm³/mol. The fraction of sp³-hybridized carbons (Fsp3) is 0.438. The highest BCUT2D eigenvalue weighted by Crippen LogP contribution is 2.47. The van der Waals surface area contributed by atoms with E-state index < -0.39 is 0 Å². The molecule has 0 aromatic heterocycles. The lowest BCUT2D eigenvalue weighted by atomic mass is 9.80. The van der Waals surface area contributed by atoms with Crippen molar-refractivity contribution < 1.29 is 5.11 Å². The maximum atomic E-state index is 11.9. The van der Waals surface area contributed by atoms with Crippen molar-refractivity contribution in [3.63, 3.8) is 0 Å². The third-order valence-corrected chi connectivity index (χ3v) is 6.75. The van der Waals surface area contributed by atoms with E-state index in [1.54, 1.807) is 0 Å². The monoisotopic (exact) mass is 442 g/mol. The maximum absolute atomic E-state index is 11.9. The van der Waals surface area contributed by atoms with Crippen LogP contribution in [-0.2, 0) is 0 Å². The van der Waals surface area contributed by atoms with Crippen molar-refractivity contribution in [1.82, 2.24) is 0 Å². The van der Waals surface area contributed by atoms with Crippen LogP contribution in [0, 0.1) is 13.8 Å². The summed E-state index contributed by atoms with van der Waals surface area (Å²) in [5, 5.41) is 11.9. The minimum Gasteiger partial charge on any atom is -0.507 e. The van der Waals surface area contributed by atoms with Gasteiger partial charge in [0.05, 0.1) is 0 Å². The van der Waals surface area contributed by atoms with Crippen molar-refractivity contribution in [1.29, 1.82) is 0 Å². The number of aryl methyl sites for hydroxylation is 2. The molecule has 176 valence electrons. The second-order valence-electron chi connectivity index (χ2n) is 11.0. The largest absolute Gasteiger partial charge is 0.507 e. The van der Waals surface area contributed by atoms with Crippen molar-refractivity contribution in [2.24, 2.45) is 0 Å². The molecule has 1 N–H and O–H groups in total. The number of rotatable bonds is 6. The summed E-state index contributed by atoms with van der Waals surface area (Å²) >= 11 is 0. The van der Waals surface area contributed by atoms with Crippen LogP contribution in [0.3, 0.4) is 0 Å². The molecule has 3 rings (SSSR count). The van der Waals surface area contributed by atoms with E-state index >= 15 is 0 Å². The summed E-state index contributed by atoms with van der Waals surface area (Å²) in [6.07, 6.45) is 0. The Bertz CT molecular complexity index is 999. The molecule has 0 atom stereocenters. The van der Waals surface area contributed by atoms with Gasteiger partial charge in [-0.15, -0.1) is 0 Å². The molecule has 0 unspecified atom stereocenters. The summed E-state index contributed by atoms with van der Waals surface area (Å²) in [6, 6.07) is 15.5. The van der Waals surface area contributed by atoms with Gasteiger partial charge in [-0.2, -0.15) is 0 Å². The Labute approximate surface area is 201 Å². The van der Waals surface area contributed by atoms with Crippen LogP contribution < -0.4 is 0 Å². The molecule has 0 radical (unpaired) electrons. The lowest BCUT2D eigenvalue weighted by Gasteiger charge is -2.25. The van der Waals surface area contributed by atoms with Gasteiger partial charge in [0.2, 0.25) is 0 Å². The minimum absolute atomic E-state index is 0.372. The van der Waals surface area contributed by atoms with Crippen LogP contribution in [-0.4, -0.2) is 5.11 Å². The average molecular weight is 443 g/mol. The van der Waals surface area contributed by atoms with E-state index in [0.29, 0.717) is 29.4 Å². The van der Waals surface area contributed by atoms with Crippen LogP contribution in [0.5, 0.6) is 5.75 Å². The molecule has 0 saturated carbocycles. The highest BCUT2D eigenvalue weighted by Gasteiger charge is 2.24. The predicted octanol–water partition coefficient (Wildman–Crippen LogP) is 9.84. The van der Waals surface area contributed by atoms with Gasteiger partial charge in [0.25, 0.3) is 0 Å². The van der Waals surface area contributed by atoms with E-state index in [1.165, 1.54) is 44.5 Å². The van der Waals surface area contributed by atoms with Gasteiger partial charge >= 0.3 is 0 Å². The van der Waals surface area contributed by atoms with Gasteiger partial charge in [0.15, 0.2) is 0 Å². The molecular weight excluding hydrogens is 400 g/mol. The second-order valence-corrected chi connectivity index (χ2v) is 11.0. The number of phenols is 1. The normalized spacial score (nSPS) is 11.9. The molecule has 0 spiro atoms. The highest BCUT2D eigenvalue weighted by atomic mass is 16.3. The fourth-order valence-corrected chi connectivity index (χ4v) is 5.08. The Hall–Kier alpha value is -2.54. The molecule has 3 aromatic rings. The standard InChI is InChI=1S/C32H42O/c1-18(2)26-14-22(9)15-27(19(3)4)30(26)24-12-11-13-25(32(24)33)31-28(20(5)6)16-23(10)17-29(31)21(7)8/h11-21,33H,1-10H3. The van der Waals surface area contributed by atoms with Gasteiger partial charge in [-0.25, -0.2) is 0 Å². The lowest BCUT2D eigenvalue weighted by molar-refractivity contribution is 0.479. The highest BCUT2D eigenvalue weighted by molar-refractivity contribution is 5.87. The van der Waals surface area contributed by atoms with Crippen molar-refractivity contribution in [2.45, 2.75) is 92.9 Å². The van der Waals surface area contributed by atoms with Crippen LogP contribution >= 0.6 is 0 Å². The molecule has 0 heterocycles. The number of hydrogen-bond donors (Lipinski definition) is 1. The summed E-state index contributed by atoms with van der Waals surface area (Å²) in [7, 11) is 0. The van der Waals surface area contributed by atoms with Gasteiger partial charge < -0.3 is 5.11 Å². The number of para-hydroxylation sites is 1. The number of hydrogen-bond acceptors (Lipinski definition) is 1. The fourth-order valence-electron chi connectivity index (χ4n) is 5.08. The van der Waals surface area contributed by atoms with Gasteiger partial charge in [-0.1, -0.05) is 109 Å². The zero-order valence-electron chi connectivity index (χ0n) is 22.3. The summed E-state index contributed by atoms with van der Waals surface area (Å²) in [4.78, 5) is 0. The van der Waals surface area contributed by atoms with Crippen molar-refractivity contribution >= 4 is 0 Å². The van der Waals surface area contributed by atoms with Crippen molar-refractivity contribution in [3.05, 3.63) is 75.8 Å². The molecule has 3 aromatic carbocycles. The summed E-state index contributed by atoms with van der Waals surface area (Å²) in [5.74, 6) is 1.89. The smallest absolute Gasteiger partial charge is 0.131 e. The molecule has 1 heteroatoms. The Morgan fingerprint density at radius 3 is 1.03 bits per heavy atom. The maximum Gasteiger partial charge on any atom is 0.131 e. The Balaban J connectivity index is 2.42. The third kappa shape index (κ3) is 4.88. The number of phenolic OH excluding ortho intramolecular Hbond substituents is 1. The topological polar surface area (TPSA) is 20.2 Å². The molecule has 0 aliphatic heterocycles. The first kappa shape index (κ1) is 25.1. The molecule has 0 aliphatic rings.